The van der Waals surface area contributed by atoms with Crippen molar-refractivity contribution in [2.24, 2.45) is 0 Å². The predicted octanol–water partition coefficient (Wildman–Crippen LogP) is 4.53. The average molecular weight is 358 g/mol. The van der Waals surface area contributed by atoms with Crippen molar-refractivity contribution in [1.82, 2.24) is 5.32 Å². The van der Waals surface area contributed by atoms with Gasteiger partial charge in [-0.05, 0) is 59.4 Å². The summed E-state index contributed by atoms with van der Waals surface area (Å²) in [6, 6.07) is 6.26. The largest absolute Gasteiger partial charge is 0.492 e. The van der Waals surface area contributed by atoms with Gasteiger partial charge in [0.1, 0.15) is 5.75 Å². The molecule has 0 spiro atoms. The molecular formula is C17H28BrNO2. The van der Waals surface area contributed by atoms with E-state index in [4.69, 9.17) is 9.47 Å². The molecule has 1 aromatic rings. The van der Waals surface area contributed by atoms with Crippen LogP contribution in [-0.2, 0) is 11.3 Å². The third-order valence-corrected chi connectivity index (χ3v) is 3.69. The number of rotatable bonds is 12. The Morgan fingerprint density at radius 1 is 1.05 bits per heavy atom. The van der Waals surface area contributed by atoms with Crippen molar-refractivity contribution in [3.63, 3.8) is 0 Å². The Bertz CT molecular complexity index is 385. The zero-order valence-corrected chi connectivity index (χ0v) is 14.9. The first-order chi connectivity index (χ1) is 10.3. The molecule has 0 aromatic heterocycles. The molecule has 3 nitrogen and oxygen atoms in total. The Labute approximate surface area is 137 Å². The van der Waals surface area contributed by atoms with Gasteiger partial charge in [-0.3, -0.25) is 0 Å². The van der Waals surface area contributed by atoms with Crippen molar-refractivity contribution >= 4 is 15.9 Å². The average Bonchev–Trinajstić information content (AvgIpc) is 2.49. The number of halogens is 1. The van der Waals surface area contributed by atoms with Crippen LogP contribution in [0.4, 0.5) is 0 Å². The van der Waals surface area contributed by atoms with Gasteiger partial charge in [-0.25, -0.2) is 0 Å². The number of benzene rings is 1. The maximum absolute atomic E-state index is 5.65. The second kappa shape index (κ2) is 12.0. The number of unbranched alkanes of at least 4 members (excludes halogenated alkanes) is 1. The molecule has 0 aliphatic heterocycles. The van der Waals surface area contributed by atoms with Crippen LogP contribution in [0.15, 0.2) is 22.7 Å². The molecule has 1 rings (SSSR count). The molecule has 0 radical (unpaired) electrons. The van der Waals surface area contributed by atoms with Crippen molar-refractivity contribution in [2.75, 3.05) is 26.4 Å². The lowest BCUT2D eigenvalue weighted by atomic mass is 10.2. The minimum Gasteiger partial charge on any atom is -0.492 e. The molecule has 1 N–H and O–H groups in total. The molecule has 0 saturated heterocycles. The molecule has 0 atom stereocenters. The summed E-state index contributed by atoms with van der Waals surface area (Å²) in [5.41, 5.74) is 1.26. The van der Waals surface area contributed by atoms with Crippen LogP contribution in [0.1, 0.15) is 45.1 Å². The summed E-state index contributed by atoms with van der Waals surface area (Å²) in [5, 5.41) is 3.44. The van der Waals surface area contributed by atoms with E-state index < -0.39 is 0 Å². The molecule has 120 valence electrons. The standard InChI is InChI=1S/C17H28BrNO2/c1-3-5-11-20-12-6-9-19-14-15-7-8-17(16(18)13-15)21-10-4-2/h7-8,13,19H,3-6,9-12,14H2,1-2H3. The lowest BCUT2D eigenvalue weighted by Gasteiger charge is -2.10. The molecule has 0 aliphatic carbocycles. The lowest BCUT2D eigenvalue weighted by molar-refractivity contribution is 0.129. The lowest BCUT2D eigenvalue weighted by Crippen LogP contribution is -2.16. The number of hydrogen-bond acceptors (Lipinski definition) is 3. The minimum absolute atomic E-state index is 0.758. The summed E-state index contributed by atoms with van der Waals surface area (Å²) < 4.78 is 12.2. The van der Waals surface area contributed by atoms with E-state index in [0.717, 1.165) is 62.4 Å². The Hall–Kier alpha value is -0.580. The summed E-state index contributed by atoms with van der Waals surface area (Å²) in [4.78, 5) is 0. The van der Waals surface area contributed by atoms with E-state index in [1.807, 2.05) is 6.07 Å². The van der Waals surface area contributed by atoms with Crippen LogP contribution in [0.2, 0.25) is 0 Å². The highest BCUT2D eigenvalue weighted by atomic mass is 79.9. The molecule has 0 saturated carbocycles. The summed E-state index contributed by atoms with van der Waals surface area (Å²) in [7, 11) is 0. The molecule has 0 heterocycles. The van der Waals surface area contributed by atoms with Crippen LogP contribution in [0.5, 0.6) is 5.75 Å². The first-order valence-electron chi connectivity index (χ1n) is 7.97. The Morgan fingerprint density at radius 3 is 2.57 bits per heavy atom. The molecule has 0 unspecified atom stereocenters. The second-order valence-electron chi connectivity index (χ2n) is 5.11. The zero-order valence-electron chi connectivity index (χ0n) is 13.3. The number of hydrogen-bond donors (Lipinski definition) is 1. The van der Waals surface area contributed by atoms with Crippen LogP contribution in [0, 0.1) is 0 Å². The van der Waals surface area contributed by atoms with Gasteiger partial charge in [0.25, 0.3) is 0 Å². The fourth-order valence-corrected chi connectivity index (χ4v) is 2.40. The van der Waals surface area contributed by atoms with Gasteiger partial charge < -0.3 is 14.8 Å². The molecule has 0 aliphatic rings. The quantitative estimate of drug-likeness (QED) is 0.557. The van der Waals surface area contributed by atoms with E-state index in [0.29, 0.717) is 0 Å². The van der Waals surface area contributed by atoms with Crippen molar-refractivity contribution < 1.29 is 9.47 Å². The van der Waals surface area contributed by atoms with Crippen LogP contribution in [-0.4, -0.2) is 26.4 Å². The van der Waals surface area contributed by atoms with E-state index in [2.05, 4.69) is 47.2 Å². The van der Waals surface area contributed by atoms with Crippen molar-refractivity contribution in [3.05, 3.63) is 28.2 Å². The molecular weight excluding hydrogens is 330 g/mol. The molecule has 21 heavy (non-hydrogen) atoms. The third kappa shape index (κ3) is 8.44. The molecule has 0 fully saturated rings. The summed E-state index contributed by atoms with van der Waals surface area (Å²) >= 11 is 3.56. The Kier molecular flexibility index (Phi) is 10.6. The Morgan fingerprint density at radius 2 is 1.86 bits per heavy atom. The SMILES string of the molecule is CCCCOCCCNCc1ccc(OCCC)c(Br)c1. The summed E-state index contributed by atoms with van der Waals surface area (Å²) in [6.45, 7) is 8.65. The highest BCUT2D eigenvalue weighted by Gasteiger charge is 2.02. The van der Waals surface area contributed by atoms with E-state index >= 15 is 0 Å². The van der Waals surface area contributed by atoms with Gasteiger partial charge in [0.15, 0.2) is 0 Å². The van der Waals surface area contributed by atoms with Crippen LogP contribution in [0.25, 0.3) is 0 Å². The van der Waals surface area contributed by atoms with Gasteiger partial charge in [-0.1, -0.05) is 26.3 Å². The van der Waals surface area contributed by atoms with Crippen molar-refractivity contribution in [2.45, 2.75) is 46.1 Å². The molecule has 0 bridgehead atoms. The molecule has 4 heteroatoms. The maximum Gasteiger partial charge on any atom is 0.133 e. The van der Waals surface area contributed by atoms with Crippen molar-refractivity contribution in [3.8, 4) is 5.75 Å². The monoisotopic (exact) mass is 357 g/mol. The van der Waals surface area contributed by atoms with E-state index in [1.54, 1.807) is 0 Å². The highest BCUT2D eigenvalue weighted by molar-refractivity contribution is 9.10. The van der Waals surface area contributed by atoms with Crippen LogP contribution >= 0.6 is 15.9 Å². The van der Waals surface area contributed by atoms with Crippen LogP contribution < -0.4 is 10.1 Å². The topological polar surface area (TPSA) is 30.5 Å². The highest BCUT2D eigenvalue weighted by Crippen LogP contribution is 2.26. The van der Waals surface area contributed by atoms with E-state index in [-0.39, 0.29) is 0 Å². The van der Waals surface area contributed by atoms with Gasteiger partial charge in [0.05, 0.1) is 11.1 Å². The van der Waals surface area contributed by atoms with E-state index in [1.165, 1.54) is 12.0 Å². The fourth-order valence-electron chi connectivity index (χ4n) is 1.86. The van der Waals surface area contributed by atoms with Gasteiger partial charge in [0, 0.05) is 19.8 Å². The van der Waals surface area contributed by atoms with Crippen molar-refractivity contribution in [1.29, 1.82) is 0 Å². The third-order valence-electron chi connectivity index (χ3n) is 3.07. The summed E-state index contributed by atoms with van der Waals surface area (Å²) in [6.07, 6.45) is 4.44. The first kappa shape index (κ1) is 18.5. The first-order valence-corrected chi connectivity index (χ1v) is 8.77. The normalized spacial score (nSPS) is 10.8. The number of nitrogens with one attached hydrogen (secondary N) is 1. The number of ether oxygens (including phenoxy) is 2. The summed E-state index contributed by atoms with van der Waals surface area (Å²) in [5.74, 6) is 0.921. The Balaban J connectivity index is 2.16. The molecule has 0 amide bonds. The van der Waals surface area contributed by atoms with Gasteiger partial charge in [-0.2, -0.15) is 0 Å². The van der Waals surface area contributed by atoms with Gasteiger partial charge in [0.2, 0.25) is 0 Å². The zero-order chi connectivity index (χ0) is 15.3. The van der Waals surface area contributed by atoms with Gasteiger partial charge in [-0.15, -0.1) is 0 Å². The minimum atomic E-state index is 0.758. The molecule has 1 aromatic carbocycles. The predicted molar refractivity (Wildman–Crippen MR) is 92.0 cm³/mol. The van der Waals surface area contributed by atoms with Gasteiger partial charge >= 0.3 is 0 Å². The van der Waals surface area contributed by atoms with Crippen LogP contribution in [0.3, 0.4) is 0 Å². The fraction of sp³-hybridized carbons (Fsp3) is 0.647. The smallest absolute Gasteiger partial charge is 0.133 e. The maximum atomic E-state index is 5.65. The second-order valence-corrected chi connectivity index (χ2v) is 5.96. The van der Waals surface area contributed by atoms with E-state index in [9.17, 15) is 0 Å².